The van der Waals surface area contributed by atoms with Gasteiger partial charge in [-0.25, -0.2) is 8.42 Å². The maximum absolute atomic E-state index is 12.0. The van der Waals surface area contributed by atoms with E-state index in [9.17, 15) is 13.2 Å². The van der Waals surface area contributed by atoms with E-state index in [-0.39, 0.29) is 29.2 Å². The van der Waals surface area contributed by atoms with Crippen LogP contribution in [0.3, 0.4) is 0 Å². The van der Waals surface area contributed by atoms with Crippen LogP contribution in [0.25, 0.3) is 0 Å². The smallest absolute Gasteiger partial charge is 0.262 e. The molecule has 2 aliphatic heterocycles. The summed E-state index contributed by atoms with van der Waals surface area (Å²) in [5, 5.41) is 9.02. The molecule has 1 aromatic rings. The molecule has 0 radical (unpaired) electrons. The van der Waals surface area contributed by atoms with Crippen molar-refractivity contribution in [1.29, 1.82) is 5.26 Å². The molecule has 2 saturated heterocycles. The summed E-state index contributed by atoms with van der Waals surface area (Å²) in [6.45, 7) is 3.91. The number of sulfone groups is 1. The van der Waals surface area contributed by atoms with Gasteiger partial charge in [-0.3, -0.25) is 4.79 Å². The Bertz CT molecular complexity index is 871. The predicted molar refractivity (Wildman–Crippen MR) is 94.9 cm³/mol. The van der Waals surface area contributed by atoms with Crippen molar-refractivity contribution in [2.45, 2.75) is 31.6 Å². The summed E-state index contributed by atoms with van der Waals surface area (Å²) < 4.78 is 24.0. The van der Waals surface area contributed by atoms with Crippen LogP contribution in [-0.4, -0.2) is 42.3 Å². The molecule has 0 saturated carbocycles. The number of benzene rings is 1. The number of hydrogen-bond donors (Lipinski definition) is 0. The van der Waals surface area contributed by atoms with Gasteiger partial charge in [0.1, 0.15) is 6.42 Å². The standard InChI is InChI=1S/C16H17N3O3S2/c1-10-3-4-11(2)12(7-10)19-13-8-24(21,22)9-14(13)23-16(19)18-15(20)5-6-17/h3-4,7,13-14H,5,8-9H2,1-2H3/t13-,14-/m0/s1. The number of hydrogen-bond acceptors (Lipinski definition) is 5. The highest BCUT2D eigenvalue weighted by atomic mass is 32.2. The third-order valence-electron chi connectivity index (χ3n) is 4.14. The number of nitriles is 1. The van der Waals surface area contributed by atoms with E-state index in [1.54, 1.807) is 6.07 Å². The zero-order valence-electron chi connectivity index (χ0n) is 13.4. The molecule has 0 bridgehead atoms. The molecular formula is C16H17N3O3S2. The van der Waals surface area contributed by atoms with Crippen LogP contribution in [0.4, 0.5) is 5.69 Å². The molecule has 0 N–H and O–H groups in total. The number of nitrogens with zero attached hydrogens (tertiary/aromatic N) is 3. The van der Waals surface area contributed by atoms with Gasteiger partial charge in [-0.05, 0) is 31.0 Å². The molecule has 2 atom stereocenters. The number of amidine groups is 1. The van der Waals surface area contributed by atoms with Crippen LogP contribution in [0.5, 0.6) is 0 Å². The van der Waals surface area contributed by atoms with Gasteiger partial charge in [-0.15, -0.1) is 0 Å². The molecule has 0 unspecified atom stereocenters. The van der Waals surface area contributed by atoms with Crippen LogP contribution >= 0.6 is 11.8 Å². The second-order valence-electron chi connectivity index (χ2n) is 6.08. The maximum atomic E-state index is 12.0. The van der Waals surface area contributed by atoms with Gasteiger partial charge in [-0.1, -0.05) is 23.9 Å². The average molecular weight is 363 g/mol. The zero-order valence-corrected chi connectivity index (χ0v) is 15.0. The number of aliphatic imine (C=N–C) groups is 1. The number of amides is 1. The number of carbonyl (C=O) groups excluding carboxylic acids is 1. The maximum Gasteiger partial charge on any atom is 0.262 e. The van der Waals surface area contributed by atoms with E-state index < -0.39 is 15.7 Å². The number of aryl methyl sites for hydroxylation is 2. The lowest BCUT2D eigenvalue weighted by molar-refractivity contribution is -0.116. The number of anilines is 1. The molecule has 8 heteroatoms. The molecule has 1 aromatic carbocycles. The molecule has 1 amide bonds. The van der Waals surface area contributed by atoms with Crippen molar-refractivity contribution in [1.82, 2.24) is 0 Å². The Morgan fingerprint density at radius 1 is 1.42 bits per heavy atom. The Morgan fingerprint density at radius 2 is 2.17 bits per heavy atom. The second-order valence-corrected chi connectivity index (χ2v) is 9.44. The summed E-state index contributed by atoms with van der Waals surface area (Å²) in [7, 11) is -3.09. The van der Waals surface area contributed by atoms with Crippen LogP contribution in [-0.2, 0) is 14.6 Å². The SMILES string of the molecule is Cc1ccc(C)c(N2C(=NC(=O)CC#N)S[C@H]3CS(=O)(=O)C[C@@H]32)c1. The largest absolute Gasteiger partial charge is 0.315 e. The molecule has 2 heterocycles. The lowest BCUT2D eigenvalue weighted by Crippen LogP contribution is -2.38. The molecule has 2 fully saturated rings. The van der Waals surface area contributed by atoms with Crippen LogP contribution < -0.4 is 4.90 Å². The molecule has 0 aromatic heterocycles. The molecule has 6 nitrogen and oxygen atoms in total. The van der Waals surface area contributed by atoms with Crippen molar-refractivity contribution >= 4 is 38.4 Å². The van der Waals surface area contributed by atoms with Gasteiger partial charge in [0.15, 0.2) is 15.0 Å². The Morgan fingerprint density at radius 3 is 2.88 bits per heavy atom. The number of carbonyl (C=O) groups is 1. The van der Waals surface area contributed by atoms with Gasteiger partial charge < -0.3 is 4.90 Å². The van der Waals surface area contributed by atoms with Crippen molar-refractivity contribution in [3.63, 3.8) is 0 Å². The van der Waals surface area contributed by atoms with Gasteiger partial charge in [0.25, 0.3) is 5.91 Å². The summed E-state index contributed by atoms with van der Waals surface area (Å²) >= 11 is 1.32. The topological polar surface area (TPSA) is 90.6 Å². The molecule has 2 aliphatic rings. The van der Waals surface area contributed by atoms with Gasteiger partial charge in [0.2, 0.25) is 0 Å². The lowest BCUT2D eigenvalue weighted by Gasteiger charge is -2.26. The van der Waals surface area contributed by atoms with E-state index >= 15 is 0 Å². The van der Waals surface area contributed by atoms with E-state index in [2.05, 4.69) is 4.99 Å². The number of fused-ring (bicyclic) bond motifs is 1. The summed E-state index contributed by atoms with van der Waals surface area (Å²) in [5.41, 5.74) is 2.91. The predicted octanol–water partition coefficient (Wildman–Crippen LogP) is 1.82. The fourth-order valence-electron chi connectivity index (χ4n) is 3.04. The molecule has 24 heavy (non-hydrogen) atoms. The van der Waals surface area contributed by atoms with Crippen molar-refractivity contribution in [3.05, 3.63) is 29.3 Å². The molecule has 0 aliphatic carbocycles. The first-order valence-corrected chi connectivity index (χ1v) is 10.2. The third kappa shape index (κ3) is 3.19. The lowest BCUT2D eigenvalue weighted by atomic mass is 10.1. The van der Waals surface area contributed by atoms with Crippen LogP contribution in [0.1, 0.15) is 17.5 Å². The highest BCUT2D eigenvalue weighted by Crippen LogP contribution is 2.42. The highest BCUT2D eigenvalue weighted by Gasteiger charge is 2.49. The summed E-state index contributed by atoms with van der Waals surface area (Å²) in [6.07, 6.45) is -0.279. The summed E-state index contributed by atoms with van der Waals surface area (Å²) in [6, 6.07) is 7.51. The molecule has 126 valence electrons. The Hall–Kier alpha value is -1.85. The van der Waals surface area contributed by atoms with E-state index in [0.717, 1.165) is 16.8 Å². The Kier molecular flexibility index (Phi) is 4.40. The minimum Gasteiger partial charge on any atom is -0.315 e. The molecular weight excluding hydrogens is 346 g/mol. The van der Waals surface area contributed by atoms with Crippen molar-refractivity contribution in [2.75, 3.05) is 16.4 Å². The Labute approximate surface area is 145 Å². The quantitative estimate of drug-likeness (QED) is 0.796. The van der Waals surface area contributed by atoms with Gasteiger partial charge in [0.05, 0.1) is 23.6 Å². The van der Waals surface area contributed by atoms with Gasteiger partial charge in [-0.2, -0.15) is 10.3 Å². The van der Waals surface area contributed by atoms with Crippen LogP contribution in [0.2, 0.25) is 0 Å². The number of rotatable bonds is 2. The first kappa shape index (κ1) is 17.0. The summed E-state index contributed by atoms with van der Waals surface area (Å²) in [4.78, 5) is 17.8. The van der Waals surface area contributed by atoms with E-state index in [0.29, 0.717) is 5.17 Å². The normalized spacial score (nSPS) is 26.4. The van der Waals surface area contributed by atoms with Crippen LogP contribution in [0.15, 0.2) is 23.2 Å². The average Bonchev–Trinajstić information content (AvgIpc) is 2.93. The third-order valence-corrected chi connectivity index (χ3v) is 7.35. The first-order valence-electron chi connectivity index (χ1n) is 7.53. The molecule has 0 spiro atoms. The van der Waals surface area contributed by atoms with Crippen LogP contribution in [0, 0.1) is 25.2 Å². The highest BCUT2D eigenvalue weighted by molar-refractivity contribution is 8.16. The van der Waals surface area contributed by atoms with E-state index in [4.69, 9.17) is 5.26 Å². The van der Waals surface area contributed by atoms with Crippen molar-refractivity contribution in [3.8, 4) is 6.07 Å². The Balaban J connectivity index is 2.06. The van der Waals surface area contributed by atoms with Gasteiger partial charge in [0, 0.05) is 10.9 Å². The van der Waals surface area contributed by atoms with Crippen molar-refractivity contribution < 1.29 is 13.2 Å². The first-order chi connectivity index (χ1) is 11.3. The number of thioether (sulfide) groups is 1. The minimum absolute atomic E-state index is 0.0590. The second kappa shape index (κ2) is 6.22. The minimum atomic E-state index is -3.09. The molecule has 3 rings (SSSR count). The van der Waals surface area contributed by atoms with E-state index in [1.165, 1.54) is 11.8 Å². The zero-order chi connectivity index (χ0) is 17.5. The fraction of sp³-hybridized carbons (Fsp3) is 0.438. The monoisotopic (exact) mass is 363 g/mol. The van der Waals surface area contributed by atoms with Gasteiger partial charge >= 0.3 is 0 Å². The summed E-state index contributed by atoms with van der Waals surface area (Å²) in [5.74, 6) is -0.350. The fourth-order valence-corrected chi connectivity index (χ4v) is 6.96. The van der Waals surface area contributed by atoms with Crippen molar-refractivity contribution in [2.24, 2.45) is 4.99 Å². The van der Waals surface area contributed by atoms with E-state index in [1.807, 2.05) is 36.9 Å².